The standard InChI is InChI=1S/C6H7ClN/c7-5-3-1-2-4-6(5)8/h1-4,6H,8H2. The van der Waals surface area contributed by atoms with Gasteiger partial charge in [0.2, 0.25) is 0 Å². The van der Waals surface area contributed by atoms with Crippen molar-refractivity contribution in [1.29, 1.82) is 0 Å². The first-order chi connectivity index (χ1) is 3.80. The summed E-state index contributed by atoms with van der Waals surface area (Å²) in [5, 5.41) is 0.701. The zero-order chi connectivity index (χ0) is 5.98. The van der Waals surface area contributed by atoms with E-state index in [1.54, 1.807) is 6.08 Å². The van der Waals surface area contributed by atoms with Crippen molar-refractivity contribution in [3.8, 4) is 0 Å². The third-order valence-electron chi connectivity index (χ3n) is 1.00. The lowest BCUT2D eigenvalue weighted by Gasteiger charge is -2.10. The minimum atomic E-state index is -0.0818. The molecule has 1 unspecified atom stereocenters. The Morgan fingerprint density at radius 2 is 2.25 bits per heavy atom. The molecule has 0 aromatic heterocycles. The quantitative estimate of drug-likeness (QED) is 0.522. The highest BCUT2D eigenvalue weighted by molar-refractivity contribution is 6.29. The Morgan fingerprint density at radius 3 is 2.62 bits per heavy atom. The van der Waals surface area contributed by atoms with E-state index in [9.17, 15) is 0 Å². The second-order valence-electron chi connectivity index (χ2n) is 1.65. The monoisotopic (exact) mass is 128 g/mol. The molecule has 1 atom stereocenters. The summed E-state index contributed by atoms with van der Waals surface area (Å²) < 4.78 is 0. The first-order valence-electron chi connectivity index (χ1n) is 2.43. The van der Waals surface area contributed by atoms with Gasteiger partial charge in [0.25, 0.3) is 0 Å². The second-order valence-corrected chi connectivity index (χ2v) is 2.09. The van der Waals surface area contributed by atoms with Crippen LogP contribution in [0.4, 0.5) is 0 Å². The summed E-state index contributed by atoms with van der Waals surface area (Å²) in [5.41, 5.74) is 5.47. The lowest BCUT2D eigenvalue weighted by Crippen LogP contribution is -2.22. The molecule has 0 heterocycles. The van der Waals surface area contributed by atoms with Crippen molar-refractivity contribution in [3.63, 3.8) is 0 Å². The van der Waals surface area contributed by atoms with Gasteiger partial charge in [-0.3, -0.25) is 0 Å². The van der Waals surface area contributed by atoms with Gasteiger partial charge in [-0.05, 0) is 0 Å². The third-order valence-corrected chi connectivity index (χ3v) is 1.38. The van der Waals surface area contributed by atoms with Gasteiger partial charge in [-0.25, -0.2) is 0 Å². The molecule has 0 fully saturated rings. The smallest absolute Gasteiger partial charge is 0.106 e. The van der Waals surface area contributed by atoms with Crippen LogP contribution in [0.3, 0.4) is 0 Å². The minimum Gasteiger partial charge on any atom is -0.323 e. The summed E-state index contributed by atoms with van der Waals surface area (Å²) in [5.74, 6) is 0. The molecular weight excluding hydrogens is 122 g/mol. The van der Waals surface area contributed by atoms with Crippen molar-refractivity contribution in [2.45, 2.75) is 6.04 Å². The Bertz CT molecular complexity index is 112. The Morgan fingerprint density at radius 1 is 1.50 bits per heavy atom. The SMILES string of the molecule is NC1C=CC=C[C]1Cl. The molecule has 1 rings (SSSR count). The molecule has 8 heavy (non-hydrogen) atoms. The van der Waals surface area contributed by atoms with Crippen LogP contribution in [0, 0.1) is 5.38 Å². The zero-order valence-corrected chi connectivity index (χ0v) is 5.10. The van der Waals surface area contributed by atoms with Crippen molar-refractivity contribution in [1.82, 2.24) is 0 Å². The van der Waals surface area contributed by atoms with E-state index in [0.29, 0.717) is 5.38 Å². The van der Waals surface area contributed by atoms with E-state index in [1.165, 1.54) is 0 Å². The fourth-order valence-electron chi connectivity index (χ4n) is 0.534. The Kier molecular flexibility index (Phi) is 1.71. The van der Waals surface area contributed by atoms with Gasteiger partial charge in [-0.15, -0.1) is 11.6 Å². The van der Waals surface area contributed by atoms with Gasteiger partial charge in [0.05, 0.1) is 0 Å². The number of halogens is 1. The van der Waals surface area contributed by atoms with Crippen LogP contribution in [0.1, 0.15) is 0 Å². The fraction of sp³-hybridized carbons (Fsp3) is 0.167. The van der Waals surface area contributed by atoms with E-state index < -0.39 is 0 Å². The average Bonchev–Trinajstić information content (AvgIpc) is 1.77. The number of allylic oxidation sites excluding steroid dienone is 2. The van der Waals surface area contributed by atoms with Crippen molar-refractivity contribution < 1.29 is 0 Å². The van der Waals surface area contributed by atoms with E-state index in [1.807, 2.05) is 18.2 Å². The number of nitrogens with two attached hydrogens (primary N) is 1. The first kappa shape index (κ1) is 5.86. The first-order valence-corrected chi connectivity index (χ1v) is 2.81. The summed E-state index contributed by atoms with van der Waals surface area (Å²) in [4.78, 5) is 0. The summed E-state index contributed by atoms with van der Waals surface area (Å²) in [6, 6.07) is -0.0818. The molecule has 1 aliphatic carbocycles. The predicted octanol–water partition coefficient (Wildman–Crippen LogP) is 1.21. The summed E-state index contributed by atoms with van der Waals surface area (Å²) in [6.45, 7) is 0. The number of hydrogen-bond acceptors (Lipinski definition) is 1. The van der Waals surface area contributed by atoms with Crippen LogP contribution in [-0.2, 0) is 0 Å². The molecule has 1 radical (unpaired) electrons. The molecule has 0 spiro atoms. The molecule has 2 heteroatoms. The van der Waals surface area contributed by atoms with Crippen molar-refractivity contribution in [2.24, 2.45) is 5.73 Å². The molecule has 0 aromatic rings. The molecule has 43 valence electrons. The number of rotatable bonds is 0. The fourth-order valence-corrected chi connectivity index (χ4v) is 0.680. The Hall–Kier alpha value is -0.270. The largest absolute Gasteiger partial charge is 0.323 e. The molecule has 0 bridgehead atoms. The van der Waals surface area contributed by atoms with Crippen LogP contribution in [-0.4, -0.2) is 6.04 Å². The maximum atomic E-state index is 5.62. The topological polar surface area (TPSA) is 26.0 Å². The molecule has 0 aliphatic heterocycles. The Labute approximate surface area is 53.8 Å². The molecule has 0 amide bonds. The van der Waals surface area contributed by atoms with Gasteiger partial charge >= 0.3 is 0 Å². The highest BCUT2D eigenvalue weighted by Crippen LogP contribution is 2.16. The predicted molar refractivity (Wildman–Crippen MR) is 35.4 cm³/mol. The van der Waals surface area contributed by atoms with Crippen LogP contribution in [0.2, 0.25) is 0 Å². The van der Waals surface area contributed by atoms with Crippen LogP contribution >= 0.6 is 11.6 Å². The van der Waals surface area contributed by atoms with Gasteiger partial charge in [-0.2, -0.15) is 0 Å². The highest BCUT2D eigenvalue weighted by Gasteiger charge is 2.10. The lowest BCUT2D eigenvalue weighted by molar-refractivity contribution is 0.936. The summed E-state index contributed by atoms with van der Waals surface area (Å²) >= 11 is 5.62. The third kappa shape index (κ3) is 1.11. The normalized spacial score (nSPS) is 29.0. The maximum Gasteiger partial charge on any atom is 0.106 e. The van der Waals surface area contributed by atoms with Crippen molar-refractivity contribution >= 4 is 11.6 Å². The van der Waals surface area contributed by atoms with Crippen molar-refractivity contribution in [3.05, 3.63) is 29.7 Å². The summed E-state index contributed by atoms with van der Waals surface area (Å²) in [7, 11) is 0. The van der Waals surface area contributed by atoms with Crippen LogP contribution in [0.15, 0.2) is 24.3 Å². The molecule has 1 aliphatic rings. The highest BCUT2D eigenvalue weighted by atomic mass is 35.5. The molecule has 0 aromatic carbocycles. The van der Waals surface area contributed by atoms with Gasteiger partial charge in [0.1, 0.15) is 5.38 Å². The molecule has 0 saturated carbocycles. The van der Waals surface area contributed by atoms with E-state index >= 15 is 0 Å². The van der Waals surface area contributed by atoms with E-state index in [-0.39, 0.29) is 6.04 Å². The van der Waals surface area contributed by atoms with Gasteiger partial charge < -0.3 is 5.73 Å². The van der Waals surface area contributed by atoms with E-state index in [2.05, 4.69) is 0 Å². The minimum absolute atomic E-state index is 0.0818. The lowest BCUT2D eigenvalue weighted by atomic mass is 10.1. The average molecular weight is 129 g/mol. The summed E-state index contributed by atoms with van der Waals surface area (Å²) in [6.07, 6.45) is 7.40. The maximum absolute atomic E-state index is 5.62. The molecule has 0 saturated heterocycles. The van der Waals surface area contributed by atoms with Crippen LogP contribution in [0.25, 0.3) is 0 Å². The molecule has 2 N–H and O–H groups in total. The molecule has 1 nitrogen and oxygen atoms in total. The van der Waals surface area contributed by atoms with Gasteiger partial charge in [0.15, 0.2) is 0 Å². The zero-order valence-electron chi connectivity index (χ0n) is 4.34. The number of hydrogen-bond donors (Lipinski definition) is 1. The van der Waals surface area contributed by atoms with Gasteiger partial charge in [-0.1, -0.05) is 24.3 Å². The van der Waals surface area contributed by atoms with E-state index in [4.69, 9.17) is 17.3 Å². The second kappa shape index (κ2) is 2.33. The Balaban J connectivity index is 2.59. The van der Waals surface area contributed by atoms with Crippen LogP contribution in [0.5, 0.6) is 0 Å². The van der Waals surface area contributed by atoms with E-state index in [0.717, 1.165) is 0 Å². The van der Waals surface area contributed by atoms with Gasteiger partial charge in [0, 0.05) is 6.04 Å². The molecular formula is C6H7ClN. The van der Waals surface area contributed by atoms with Crippen LogP contribution < -0.4 is 5.73 Å². The van der Waals surface area contributed by atoms with Crippen molar-refractivity contribution in [2.75, 3.05) is 0 Å².